The Labute approximate surface area is 182 Å². The third-order valence-corrected chi connectivity index (χ3v) is 6.13. The van der Waals surface area contributed by atoms with Crippen LogP contribution in [-0.4, -0.2) is 79.3 Å². The second-order valence-corrected chi connectivity index (χ2v) is 8.66. The molecule has 30 heavy (non-hydrogen) atoms. The maximum absolute atomic E-state index is 10.5. The third kappa shape index (κ3) is 7.89. The van der Waals surface area contributed by atoms with Crippen LogP contribution in [0.25, 0.3) is 0 Å². The number of guanidine groups is 1. The molecule has 1 unspecified atom stereocenters. The lowest BCUT2D eigenvalue weighted by atomic mass is 10.00. The number of rotatable bonds is 9. The number of aliphatic hydroxyl groups is 1. The first kappa shape index (κ1) is 23.0. The summed E-state index contributed by atoms with van der Waals surface area (Å²) in [5, 5.41) is 17.3. The van der Waals surface area contributed by atoms with E-state index in [1.807, 2.05) is 0 Å². The molecule has 6 nitrogen and oxygen atoms in total. The number of likely N-dealkylation sites (tertiary alicyclic amines) is 1. The maximum atomic E-state index is 10.5. The maximum Gasteiger partial charge on any atom is 0.191 e. The van der Waals surface area contributed by atoms with Crippen molar-refractivity contribution in [1.29, 1.82) is 0 Å². The Bertz CT molecular complexity index is 642. The van der Waals surface area contributed by atoms with Gasteiger partial charge in [-0.2, -0.15) is 0 Å². The van der Waals surface area contributed by atoms with Crippen molar-refractivity contribution in [2.45, 2.75) is 58.1 Å². The Hall–Kier alpha value is -1.63. The highest BCUT2D eigenvalue weighted by Gasteiger charge is 2.18. The number of fused-ring (bicyclic) bond motifs is 1. The Morgan fingerprint density at radius 2 is 1.80 bits per heavy atom. The molecule has 0 radical (unpaired) electrons. The summed E-state index contributed by atoms with van der Waals surface area (Å²) in [5.74, 6) is 0.816. The van der Waals surface area contributed by atoms with Crippen LogP contribution < -0.4 is 10.6 Å². The van der Waals surface area contributed by atoms with Crippen molar-refractivity contribution >= 4 is 5.96 Å². The lowest BCUT2D eigenvalue weighted by molar-refractivity contribution is 0.111. The summed E-state index contributed by atoms with van der Waals surface area (Å²) >= 11 is 0. The summed E-state index contributed by atoms with van der Waals surface area (Å²) in [6.45, 7) is 10.5. The van der Waals surface area contributed by atoms with Gasteiger partial charge in [0.15, 0.2) is 5.96 Å². The van der Waals surface area contributed by atoms with Crippen LogP contribution in [0, 0.1) is 0 Å². The largest absolute Gasteiger partial charge is 0.390 e. The summed E-state index contributed by atoms with van der Waals surface area (Å²) in [5.41, 5.74) is 2.83. The third-order valence-electron chi connectivity index (χ3n) is 6.13. The zero-order valence-corrected chi connectivity index (χ0v) is 18.8. The molecule has 0 saturated carbocycles. The van der Waals surface area contributed by atoms with E-state index in [0.717, 1.165) is 51.5 Å². The van der Waals surface area contributed by atoms with E-state index in [9.17, 15) is 5.11 Å². The number of aliphatic imine (C=N–C) groups is 1. The molecule has 2 aliphatic rings. The monoisotopic (exact) mass is 415 g/mol. The smallest absolute Gasteiger partial charge is 0.191 e. The molecule has 168 valence electrons. The van der Waals surface area contributed by atoms with Gasteiger partial charge in [-0.25, -0.2) is 0 Å². The van der Waals surface area contributed by atoms with E-state index in [2.05, 4.69) is 56.6 Å². The van der Waals surface area contributed by atoms with Gasteiger partial charge in [0.1, 0.15) is 0 Å². The van der Waals surface area contributed by atoms with Gasteiger partial charge in [0, 0.05) is 32.7 Å². The van der Waals surface area contributed by atoms with E-state index < -0.39 is 6.10 Å². The quantitative estimate of drug-likeness (QED) is 0.328. The van der Waals surface area contributed by atoms with Gasteiger partial charge in [0.05, 0.1) is 12.6 Å². The minimum Gasteiger partial charge on any atom is -0.390 e. The SMILES string of the molecule is CCNC(=NCC(O)CN1CCc2ccccc2C1)NCCCN1CCCCCC1. The van der Waals surface area contributed by atoms with Gasteiger partial charge in [-0.3, -0.25) is 9.89 Å². The van der Waals surface area contributed by atoms with Crippen molar-refractivity contribution < 1.29 is 5.11 Å². The molecule has 3 rings (SSSR count). The first-order valence-electron chi connectivity index (χ1n) is 12.0. The Morgan fingerprint density at radius 3 is 2.57 bits per heavy atom. The lowest BCUT2D eigenvalue weighted by Crippen LogP contribution is -2.41. The molecule has 0 spiro atoms. The fourth-order valence-electron chi connectivity index (χ4n) is 4.47. The molecular formula is C24H41N5O. The number of aliphatic hydroxyl groups excluding tert-OH is 1. The molecule has 3 N–H and O–H groups in total. The molecule has 1 aromatic carbocycles. The van der Waals surface area contributed by atoms with E-state index in [1.165, 1.54) is 49.9 Å². The van der Waals surface area contributed by atoms with Crippen LogP contribution in [0.4, 0.5) is 0 Å². The van der Waals surface area contributed by atoms with Gasteiger partial charge < -0.3 is 20.6 Å². The van der Waals surface area contributed by atoms with Gasteiger partial charge in [-0.1, -0.05) is 37.1 Å². The van der Waals surface area contributed by atoms with Crippen LogP contribution in [0.5, 0.6) is 0 Å². The number of nitrogens with one attached hydrogen (secondary N) is 2. The van der Waals surface area contributed by atoms with E-state index in [0.29, 0.717) is 13.1 Å². The first-order chi connectivity index (χ1) is 14.7. The van der Waals surface area contributed by atoms with Crippen molar-refractivity contribution in [1.82, 2.24) is 20.4 Å². The Kier molecular flexibility index (Phi) is 9.93. The van der Waals surface area contributed by atoms with Crippen LogP contribution in [0.3, 0.4) is 0 Å². The van der Waals surface area contributed by atoms with Crippen molar-refractivity contribution in [3.05, 3.63) is 35.4 Å². The minimum atomic E-state index is -0.442. The van der Waals surface area contributed by atoms with E-state index in [4.69, 9.17) is 0 Å². The Balaban J connectivity index is 1.37. The van der Waals surface area contributed by atoms with Gasteiger partial charge in [-0.15, -0.1) is 0 Å². The van der Waals surface area contributed by atoms with Gasteiger partial charge >= 0.3 is 0 Å². The van der Waals surface area contributed by atoms with Crippen molar-refractivity contribution in [2.24, 2.45) is 4.99 Å². The zero-order chi connectivity index (χ0) is 21.0. The number of hydrogen-bond acceptors (Lipinski definition) is 4. The van der Waals surface area contributed by atoms with Gasteiger partial charge in [0.25, 0.3) is 0 Å². The highest BCUT2D eigenvalue weighted by Crippen LogP contribution is 2.18. The molecule has 0 aromatic heterocycles. The molecular weight excluding hydrogens is 374 g/mol. The van der Waals surface area contributed by atoms with E-state index in [-0.39, 0.29) is 0 Å². The highest BCUT2D eigenvalue weighted by molar-refractivity contribution is 5.79. The van der Waals surface area contributed by atoms with E-state index in [1.54, 1.807) is 0 Å². The molecule has 2 aliphatic heterocycles. The Morgan fingerprint density at radius 1 is 1.03 bits per heavy atom. The van der Waals surface area contributed by atoms with Crippen molar-refractivity contribution in [3.63, 3.8) is 0 Å². The highest BCUT2D eigenvalue weighted by atomic mass is 16.3. The zero-order valence-electron chi connectivity index (χ0n) is 18.8. The molecule has 0 amide bonds. The van der Waals surface area contributed by atoms with Crippen LogP contribution in [0.2, 0.25) is 0 Å². The molecule has 2 heterocycles. The fraction of sp³-hybridized carbons (Fsp3) is 0.708. The predicted molar refractivity (Wildman–Crippen MR) is 125 cm³/mol. The molecule has 0 bridgehead atoms. The van der Waals surface area contributed by atoms with Gasteiger partial charge in [0.2, 0.25) is 0 Å². The normalized spacial score (nSPS) is 19.7. The summed E-state index contributed by atoms with van der Waals surface area (Å²) in [4.78, 5) is 9.56. The lowest BCUT2D eigenvalue weighted by Gasteiger charge is -2.30. The van der Waals surface area contributed by atoms with Crippen LogP contribution >= 0.6 is 0 Å². The summed E-state index contributed by atoms with van der Waals surface area (Å²) in [7, 11) is 0. The van der Waals surface area contributed by atoms with Gasteiger partial charge in [-0.05, 0) is 63.4 Å². The average molecular weight is 416 g/mol. The summed E-state index contributed by atoms with van der Waals surface area (Å²) in [6.07, 6.45) is 7.21. The van der Waals surface area contributed by atoms with E-state index >= 15 is 0 Å². The molecule has 1 atom stereocenters. The number of hydrogen-bond donors (Lipinski definition) is 3. The first-order valence-corrected chi connectivity index (χ1v) is 12.0. The molecule has 6 heteroatoms. The summed E-state index contributed by atoms with van der Waals surface area (Å²) in [6, 6.07) is 8.63. The topological polar surface area (TPSA) is 63.1 Å². The molecule has 1 saturated heterocycles. The van der Waals surface area contributed by atoms with Crippen LogP contribution in [0.15, 0.2) is 29.3 Å². The summed E-state index contributed by atoms with van der Waals surface area (Å²) < 4.78 is 0. The predicted octanol–water partition coefficient (Wildman–Crippen LogP) is 2.23. The van der Waals surface area contributed by atoms with Crippen LogP contribution in [0.1, 0.15) is 50.2 Å². The molecule has 1 fully saturated rings. The van der Waals surface area contributed by atoms with Crippen LogP contribution in [-0.2, 0) is 13.0 Å². The number of nitrogens with zero attached hydrogens (tertiary/aromatic N) is 3. The fourth-order valence-corrected chi connectivity index (χ4v) is 4.47. The second kappa shape index (κ2) is 12.9. The molecule has 1 aromatic rings. The number of β-amino-alcohol motifs (C(OH)–C–C–N with tert-alkyl or cyclic N) is 1. The van der Waals surface area contributed by atoms with Crippen molar-refractivity contribution in [2.75, 3.05) is 52.4 Å². The standard InChI is InChI=1S/C24H41N5O/c1-2-25-24(26-13-9-16-28-14-7-3-4-8-15-28)27-18-23(30)20-29-17-12-21-10-5-6-11-22(21)19-29/h5-6,10-11,23,30H,2-4,7-9,12-20H2,1H3,(H2,25,26,27). The average Bonchev–Trinajstić information content (AvgIpc) is 3.04. The molecule has 0 aliphatic carbocycles. The minimum absolute atomic E-state index is 0.430. The second-order valence-electron chi connectivity index (χ2n) is 8.66. The van der Waals surface area contributed by atoms with Crippen molar-refractivity contribution in [3.8, 4) is 0 Å². The number of benzene rings is 1.